The van der Waals surface area contributed by atoms with E-state index in [4.69, 9.17) is 4.98 Å². The number of aromatic nitrogens is 2. The molecule has 2 nitrogen and oxygen atoms in total. The van der Waals surface area contributed by atoms with Crippen molar-refractivity contribution < 1.29 is 0 Å². The summed E-state index contributed by atoms with van der Waals surface area (Å²) in [5, 5.41) is 0.905. The number of aryl methyl sites for hydroxylation is 1. The standard InChI is InChI=1S/C13H21BrN2/c1-3-6-13-15-11(9-14)12-8-5-7-10(4-2)16(12)13/h10H,3-9H2,1-2H3. The maximum Gasteiger partial charge on any atom is 0.109 e. The lowest BCUT2D eigenvalue weighted by atomic mass is 9.99. The van der Waals surface area contributed by atoms with E-state index in [1.807, 2.05) is 0 Å². The van der Waals surface area contributed by atoms with E-state index in [2.05, 4.69) is 34.3 Å². The fourth-order valence-electron chi connectivity index (χ4n) is 2.79. The minimum absolute atomic E-state index is 0.700. The van der Waals surface area contributed by atoms with Crippen molar-refractivity contribution in [1.82, 2.24) is 9.55 Å². The molecule has 90 valence electrons. The van der Waals surface area contributed by atoms with Crippen molar-refractivity contribution in [2.45, 2.75) is 63.7 Å². The van der Waals surface area contributed by atoms with E-state index in [9.17, 15) is 0 Å². The maximum absolute atomic E-state index is 4.81. The van der Waals surface area contributed by atoms with E-state index in [1.54, 1.807) is 0 Å². The van der Waals surface area contributed by atoms with Crippen molar-refractivity contribution >= 4 is 15.9 Å². The Balaban J connectivity index is 2.42. The molecule has 1 unspecified atom stereocenters. The summed E-state index contributed by atoms with van der Waals surface area (Å²) < 4.78 is 2.55. The summed E-state index contributed by atoms with van der Waals surface area (Å²) in [6.07, 6.45) is 7.43. The second-order valence-corrected chi connectivity index (χ2v) is 5.19. The molecule has 0 saturated heterocycles. The molecule has 2 heterocycles. The quantitative estimate of drug-likeness (QED) is 0.764. The van der Waals surface area contributed by atoms with E-state index < -0.39 is 0 Å². The molecule has 2 rings (SSSR count). The van der Waals surface area contributed by atoms with Gasteiger partial charge in [-0.15, -0.1) is 0 Å². The van der Waals surface area contributed by atoms with E-state index in [-0.39, 0.29) is 0 Å². The molecule has 1 aromatic rings. The van der Waals surface area contributed by atoms with Gasteiger partial charge in [0.25, 0.3) is 0 Å². The van der Waals surface area contributed by atoms with Crippen LogP contribution in [0.5, 0.6) is 0 Å². The Morgan fingerprint density at radius 3 is 2.88 bits per heavy atom. The van der Waals surface area contributed by atoms with E-state index in [0.29, 0.717) is 6.04 Å². The first kappa shape index (κ1) is 12.2. The van der Waals surface area contributed by atoms with Crippen molar-refractivity contribution in [2.24, 2.45) is 0 Å². The highest BCUT2D eigenvalue weighted by molar-refractivity contribution is 9.08. The van der Waals surface area contributed by atoms with E-state index in [0.717, 1.165) is 11.8 Å². The van der Waals surface area contributed by atoms with Crippen LogP contribution in [0, 0.1) is 0 Å². The van der Waals surface area contributed by atoms with Gasteiger partial charge in [-0.3, -0.25) is 0 Å². The SMILES string of the molecule is CCCc1nc(CBr)c2n1C(CC)CCC2. The Labute approximate surface area is 107 Å². The molecule has 1 aromatic heterocycles. The van der Waals surface area contributed by atoms with Gasteiger partial charge in [0.2, 0.25) is 0 Å². The highest BCUT2D eigenvalue weighted by atomic mass is 79.9. The number of halogens is 1. The fraction of sp³-hybridized carbons (Fsp3) is 0.769. The Hall–Kier alpha value is -0.310. The number of hydrogen-bond acceptors (Lipinski definition) is 1. The van der Waals surface area contributed by atoms with Gasteiger partial charge in [-0.2, -0.15) is 0 Å². The Morgan fingerprint density at radius 2 is 2.25 bits per heavy atom. The summed E-state index contributed by atoms with van der Waals surface area (Å²) in [5.74, 6) is 1.32. The predicted molar refractivity (Wildman–Crippen MR) is 71.1 cm³/mol. The fourth-order valence-corrected chi connectivity index (χ4v) is 3.24. The van der Waals surface area contributed by atoms with Gasteiger partial charge in [0.1, 0.15) is 5.82 Å². The van der Waals surface area contributed by atoms with Crippen LogP contribution in [-0.4, -0.2) is 9.55 Å². The Morgan fingerprint density at radius 1 is 1.44 bits per heavy atom. The number of nitrogens with zero attached hydrogens (tertiary/aromatic N) is 2. The molecule has 0 radical (unpaired) electrons. The summed E-state index contributed by atoms with van der Waals surface area (Å²) in [6, 6.07) is 0.700. The molecule has 0 aliphatic carbocycles. The molecule has 3 heteroatoms. The van der Waals surface area contributed by atoms with Crippen LogP contribution in [0.2, 0.25) is 0 Å². The van der Waals surface area contributed by atoms with Crippen molar-refractivity contribution in [3.63, 3.8) is 0 Å². The molecule has 0 N–H and O–H groups in total. The van der Waals surface area contributed by atoms with Crippen LogP contribution in [0.25, 0.3) is 0 Å². The lowest BCUT2D eigenvalue weighted by Gasteiger charge is -2.26. The number of fused-ring (bicyclic) bond motifs is 1. The lowest BCUT2D eigenvalue weighted by Crippen LogP contribution is -2.19. The summed E-state index contributed by atoms with van der Waals surface area (Å²) in [7, 11) is 0. The monoisotopic (exact) mass is 284 g/mol. The summed E-state index contributed by atoms with van der Waals surface area (Å²) in [4.78, 5) is 4.81. The molecular formula is C13H21BrN2. The van der Waals surface area contributed by atoms with Gasteiger partial charge in [0, 0.05) is 23.5 Å². The minimum Gasteiger partial charge on any atom is -0.329 e. The average molecular weight is 285 g/mol. The van der Waals surface area contributed by atoms with Crippen LogP contribution in [0.3, 0.4) is 0 Å². The molecular weight excluding hydrogens is 264 g/mol. The molecule has 1 aliphatic rings. The normalized spacial score (nSPS) is 19.8. The van der Waals surface area contributed by atoms with Crippen LogP contribution in [-0.2, 0) is 18.2 Å². The van der Waals surface area contributed by atoms with Crippen molar-refractivity contribution in [3.05, 3.63) is 17.2 Å². The largest absolute Gasteiger partial charge is 0.329 e. The van der Waals surface area contributed by atoms with Gasteiger partial charge in [-0.1, -0.05) is 29.8 Å². The first-order chi connectivity index (χ1) is 7.81. The summed E-state index contributed by atoms with van der Waals surface area (Å²) >= 11 is 3.57. The van der Waals surface area contributed by atoms with Crippen LogP contribution < -0.4 is 0 Å². The second kappa shape index (κ2) is 5.35. The van der Waals surface area contributed by atoms with Crippen LogP contribution in [0.4, 0.5) is 0 Å². The smallest absolute Gasteiger partial charge is 0.109 e. The van der Waals surface area contributed by atoms with Gasteiger partial charge < -0.3 is 4.57 Å². The van der Waals surface area contributed by atoms with Crippen molar-refractivity contribution in [2.75, 3.05) is 0 Å². The molecule has 0 spiro atoms. The number of imidazole rings is 1. The zero-order chi connectivity index (χ0) is 11.5. The second-order valence-electron chi connectivity index (χ2n) is 4.63. The van der Waals surface area contributed by atoms with Gasteiger partial charge in [-0.05, 0) is 32.1 Å². The first-order valence-corrected chi connectivity index (χ1v) is 7.58. The van der Waals surface area contributed by atoms with Crippen LogP contribution >= 0.6 is 15.9 Å². The van der Waals surface area contributed by atoms with Crippen molar-refractivity contribution in [1.29, 1.82) is 0 Å². The molecule has 0 bridgehead atoms. The molecule has 0 aromatic carbocycles. The summed E-state index contributed by atoms with van der Waals surface area (Å²) in [6.45, 7) is 4.53. The topological polar surface area (TPSA) is 17.8 Å². The number of rotatable bonds is 4. The van der Waals surface area contributed by atoms with Gasteiger partial charge in [0.05, 0.1) is 5.69 Å². The number of hydrogen-bond donors (Lipinski definition) is 0. The molecule has 0 fully saturated rings. The Kier molecular flexibility index (Phi) is 4.06. The van der Waals surface area contributed by atoms with Gasteiger partial charge in [0.15, 0.2) is 0 Å². The zero-order valence-corrected chi connectivity index (χ0v) is 11.9. The molecule has 1 atom stereocenters. The zero-order valence-electron chi connectivity index (χ0n) is 10.3. The van der Waals surface area contributed by atoms with E-state index >= 15 is 0 Å². The minimum atomic E-state index is 0.700. The third-order valence-electron chi connectivity index (χ3n) is 3.55. The van der Waals surface area contributed by atoms with Crippen molar-refractivity contribution in [3.8, 4) is 0 Å². The van der Waals surface area contributed by atoms with Crippen LogP contribution in [0.1, 0.15) is 62.8 Å². The average Bonchev–Trinajstić information content (AvgIpc) is 2.68. The molecule has 0 saturated carbocycles. The first-order valence-electron chi connectivity index (χ1n) is 6.46. The third kappa shape index (κ3) is 2.06. The highest BCUT2D eigenvalue weighted by Gasteiger charge is 2.24. The molecule has 0 amide bonds. The Bertz CT molecular complexity index is 357. The lowest BCUT2D eigenvalue weighted by molar-refractivity contribution is 0.379. The number of alkyl halides is 1. The highest BCUT2D eigenvalue weighted by Crippen LogP contribution is 2.32. The summed E-state index contributed by atoms with van der Waals surface area (Å²) in [5.41, 5.74) is 2.78. The van der Waals surface area contributed by atoms with Gasteiger partial charge >= 0.3 is 0 Å². The predicted octanol–water partition coefficient (Wildman–Crippen LogP) is 4.02. The molecule has 1 aliphatic heterocycles. The third-order valence-corrected chi connectivity index (χ3v) is 4.08. The van der Waals surface area contributed by atoms with Gasteiger partial charge in [-0.25, -0.2) is 4.98 Å². The van der Waals surface area contributed by atoms with E-state index in [1.165, 1.54) is 49.3 Å². The molecule has 16 heavy (non-hydrogen) atoms. The maximum atomic E-state index is 4.81. The van der Waals surface area contributed by atoms with Crippen LogP contribution in [0.15, 0.2) is 0 Å².